The number of rotatable bonds is 5. The van der Waals surface area contributed by atoms with E-state index in [1.807, 2.05) is 68.4 Å². The Bertz CT molecular complexity index is 1060. The van der Waals surface area contributed by atoms with Crippen LogP contribution in [0.2, 0.25) is 0 Å². The summed E-state index contributed by atoms with van der Waals surface area (Å²) < 4.78 is 1.79. The third-order valence-electron chi connectivity index (χ3n) is 4.63. The van der Waals surface area contributed by atoms with E-state index in [1.165, 1.54) is 0 Å². The van der Waals surface area contributed by atoms with Gasteiger partial charge in [-0.3, -0.25) is 4.98 Å². The highest BCUT2D eigenvalue weighted by atomic mass is 16.3. The Hall–Kier alpha value is -3.25. The first-order valence-corrected chi connectivity index (χ1v) is 8.89. The van der Waals surface area contributed by atoms with Gasteiger partial charge in [-0.2, -0.15) is 9.61 Å². The quantitative estimate of drug-likeness (QED) is 0.570. The number of anilines is 1. The standard InChI is InChI=1S/C21H21N5O/c1-14-15(2)25-26-20(23-13-19(27)17-10-6-7-11-22-17)12-18(24-21(14)26)16-8-4-3-5-9-16/h3-12,19,23,27H,13H2,1-2H3. The van der Waals surface area contributed by atoms with E-state index in [4.69, 9.17) is 4.98 Å². The molecule has 1 aromatic carbocycles. The van der Waals surface area contributed by atoms with Crippen molar-refractivity contribution in [2.75, 3.05) is 11.9 Å². The molecule has 1 unspecified atom stereocenters. The molecule has 136 valence electrons. The van der Waals surface area contributed by atoms with Crippen molar-refractivity contribution in [3.05, 3.63) is 77.7 Å². The molecular formula is C21H21N5O. The molecule has 0 aliphatic heterocycles. The fourth-order valence-corrected chi connectivity index (χ4v) is 2.99. The third-order valence-corrected chi connectivity index (χ3v) is 4.63. The van der Waals surface area contributed by atoms with E-state index in [0.717, 1.165) is 34.0 Å². The predicted molar refractivity (Wildman–Crippen MR) is 106 cm³/mol. The van der Waals surface area contributed by atoms with Crippen LogP contribution in [0.1, 0.15) is 23.1 Å². The van der Waals surface area contributed by atoms with Crippen molar-refractivity contribution >= 4 is 11.5 Å². The molecule has 3 heterocycles. The lowest BCUT2D eigenvalue weighted by molar-refractivity contribution is 0.186. The van der Waals surface area contributed by atoms with E-state index in [0.29, 0.717) is 12.2 Å². The van der Waals surface area contributed by atoms with Crippen molar-refractivity contribution in [2.24, 2.45) is 0 Å². The number of aliphatic hydroxyl groups is 1. The number of pyridine rings is 1. The Morgan fingerprint density at radius 1 is 1.07 bits per heavy atom. The maximum Gasteiger partial charge on any atom is 0.161 e. The SMILES string of the molecule is Cc1nn2c(NCC(O)c3ccccn3)cc(-c3ccccc3)nc2c1C. The van der Waals surface area contributed by atoms with Gasteiger partial charge in [0.1, 0.15) is 11.9 Å². The first kappa shape index (κ1) is 17.2. The van der Waals surface area contributed by atoms with E-state index in [2.05, 4.69) is 15.4 Å². The van der Waals surface area contributed by atoms with E-state index in [9.17, 15) is 5.11 Å². The first-order valence-electron chi connectivity index (χ1n) is 8.89. The summed E-state index contributed by atoms with van der Waals surface area (Å²) in [5.74, 6) is 0.782. The van der Waals surface area contributed by atoms with Gasteiger partial charge in [0.05, 0.1) is 17.1 Å². The number of fused-ring (bicyclic) bond motifs is 1. The maximum atomic E-state index is 10.4. The van der Waals surface area contributed by atoms with E-state index in [1.54, 1.807) is 10.7 Å². The Balaban J connectivity index is 1.71. The van der Waals surface area contributed by atoms with Gasteiger partial charge in [-0.1, -0.05) is 36.4 Å². The minimum Gasteiger partial charge on any atom is -0.385 e. The van der Waals surface area contributed by atoms with Crippen LogP contribution in [0.3, 0.4) is 0 Å². The van der Waals surface area contributed by atoms with Crippen molar-refractivity contribution in [2.45, 2.75) is 20.0 Å². The van der Waals surface area contributed by atoms with E-state index >= 15 is 0 Å². The molecule has 3 aromatic heterocycles. The van der Waals surface area contributed by atoms with Gasteiger partial charge >= 0.3 is 0 Å². The summed E-state index contributed by atoms with van der Waals surface area (Å²) in [5.41, 5.74) is 5.31. The molecule has 0 fully saturated rings. The fraction of sp³-hybridized carbons (Fsp3) is 0.190. The zero-order chi connectivity index (χ0) is 18.8. The van der Waals surface area contributed by atoms with Crippen LogP contribution in [-0.4, -0.2) is 31.2 Å². The average Bonchev–Trinajstić information content (AvgIpc) is 3.01. The van der Waals surface area contributed by atoms with Crippen LogP contribution in [0.5, 0.6) is 0 Å². The van der Waals surface area contributed by atoms with Crippen LogP contribution in [-0.2, 0) is 0 Å². The van der Waals surface area contributed by atoms with Crippen molar-refractivity contribution < 1.29 is 5.11 Å². The summed E-state index contributed by atoms with van der Waals surface area (Å²) in [6.07, 6.45) is 0.962. The fourth-order valence-electron chi connectivity index (χ4n) is 2.99. The summed E-state index contributed by atoms with van der Waals surface area (Å²) in [7, 11) is 0. The largest absolute Gasteiger partial charge is 0.385 e. The number of hydrogen-bond acceptors (Lipinski definition) is 5. The smallest absolute Gasteiger partial charge is 0.161 e. The predicted octanol–water partition coefficient (Wildman–Crippen LogP) is 3.55. The number of aryl methyl sites for hydroxylation is 2. The van der Waals surface area contributed by atoms with Crippen molar-refractivity contribution in [3.63, 3.8) is 0 Å². The van der Waals surface area contributed by atoms with Crippen LogP contribution in [0.4, 0.5) is 5.82 Å². The summed E-state index contributed by atoms with van der Waals surface area (Å²) in [6, 6.07) is 17.5. The minimum atomic E-state index is -0.715. The van der Waals surface area contributed by atoms with Crippen LogP contribution < -0.4 is 5.32 Å². The molecule has 0 aliphatic carbocycles. The highest BCUT2D eigenvalue weighted by molar-refractivity contribution is 5.68. The highest BCUT2D eigenvalue weighted by Crippen LogP contribution is 2.25. The molecule has 6 heteroatoms. The normalized spacial score (nSPS) is 12.3. The van der Waals surface area contributed by atoms with Gasteiger partial charge in [0.2, 0.25) is 0 Å². The Morgan fingerprint density at radius 2 is 1.85 bits per heavy atom. The van der Waals surface area contributed by atoms with Crippen molar-refractivity contribution in [1.82, 2.24) is 19.6 Å². The topological polar surface area (TPSA) is 75.3 Å². The number of aromatic nitrogens is 4. The van der Waals surface area contributed by atoms with Gasteiger partial charge in [-0.25, -0.2) is 4.98 Å². The number of nitrogens with one attached hydrogen (secondary N) is 1. The molecule has 6 nitrogen and oxygen atoms in total. The van der Waals surface area contributed by atoms with Crippen LogP contribution >= 0.6 is 0 Å². The van der Waals surface area contributed by atoms with Crippen molar-refractivity contribution in [1.29, 1.82) is 0 Å². The zero-order valence-electron chi connectivity index (χ0n) is 15.3. The van der Waals surface area contributed by atoms with Crippen LogP contribution in [0.15, 0.2) is 60.8 Å². The monoisotopic (exact) mass is 359 g/mol. The van der Waals surface area contributed by atoms with Gasteiger partial charge in [0.25, 0.3) is 0 Å². The molecule has 1 atom stereocenters. The van der Waals surface area contributed by atoms with Crippen molar-refractivity contribution in [3.8, 4) is 11.3 Å². The lowest BCUT2D eigenvalue weighted by Gasteiger charge is -2.14. The highest BCUT2D eigenvalue weighted by Gasteiger charge is 2.15. The lowest BCUT2D eigenvalue weighted by atomic mass is 10.1. The molecule has 0 amide bonds. The number of hydrogen-bond donors (Lipinski definition) is 2. The summed E-state index contributed by atoms with van der Waals surface area (Å²) in [4.78, 5) is 9.01. The van der Waals surface area contributed by atoms with E-state index < -0.39 is 6.10 Å². The van der Waals surface area contributed by atoms with Crippen LogP contribution in [0.25, 0.3) is 16.9 Å². The molecule has 2 N–H and O–H groups in total. The summed E-state index contributed by atoms with van der Waals surface area (Å²) >= 11 is 0. The molecule has 4 rings (SSSR count). The molecule has 4 aromatic rings. The van der Waals surface area contributed by atoms with Gasteiger partial charge in [0, 0.05) is 29.9 Å². The second-order valence-electron chi connectivity index (χ2n) is 6.49. The number of benzene rings is 1. The maximum absolute atomic E-state index is 10.4. The molecule has 0 saturated carbocycles. The Morgan fingerprint density at radius 3 is 2.59 bits per heavy atom. The Kier molecular flexibility index (Phi) is 4.56. The van der Waals surface area contributed by atoms with Gasteiger partial charge in [0.15, 0.2) is 5.65 Å². The second-order valence-corrected chi connectivity index (χ2v) is 6.49. The van der Waals surface area contributed by atoms with Crippen LogP contribution in [0, 0.1) is 13.8 Å². The third kappa shape index (κ3) is 3.39. The molecule has 0 saturated heterocycles. The molecule has 27 heavy (non-hydrogen) atoms. The number of aliphatic hydroxyl groups excluding tert-OH is 1. The molecule has 0 spiro atoms. The average molecular weight is 359 g/mol. The first-order chi connectivity index (χ1) is 13.1. The molecule has 0 radical (unpaired) electrons. The van der Waals surface area contributed by atoms with Gasteiger partial charge < -0.3 is 10.4 Å². The number of nitrogens with zero attached hydrogens (tertiary/aromatic N) is 4. The van der Waals surface area contributed by atoms with Gasteiger partial charge in [-0.15, -0.1) is 0 Å². The molecular weight excluding hydrogens is 338 g/mol. The summed E-state index contributed by atoms with van der Waals surface area (Å²) in [5, 5.41) is 18.3. The minimum absolute atomic E-state index is 0.322. The second kappa shape index (κ2) is 7.17. The van der Waals surface area contributed by atoms with E-state index in [-0.39, 0.29) is 0 Å². The molecule has 0 aliphatic rings. The van der Waals surface area contributed by atoms with Gasteiger partial charge in [-0.05, 0) is 26.0 Å². The summed E-state index contributed by atoms with van der Waals surface area (Å²) in [6.45, 7) is 4.31. The zero-order valence-corrected chi connectivity index (χ0v) is 15.3. The Labute approximate surface area is 157 Å². The lowest BCUT2D eigenvalue weighted by Crippen LogP contribution is -2.15. The molecule has 0 bridgehead atoms.